The summed E-state index contributed by atoms with van der Waals surface area (Å²) >= 11 is 0. The van der Waals surface area contributed by atoms with Gasteiger partial charge in [0.15, 0.2) is 5.96 Å². The third kappa shape index (κ3) is 8.74. The van der Waals surface area contributed by atoms with E-state index < -0.39 is 18.3 Å². The fourth-order valence-electron chi connectivity index (χ4n) is 2.21. The van der Waals surface area contributed by atoms with E-state index in [1.165, 1.54) is 11.9 Å². The van der Waals surface area contributed by atoms with E-state index in [1.807, 2.05) is 37.3 Å². The molecule has 8 heteroatoms. The van der Waals surface area contributed by atoms with E-state index in [0.29, 0.717) is 19.0 Å². The first-order valence-corrected chi connectivity index (χ1v) is 8.19. The number of nitrogens with one attached hydrogen (secondary N) is 2. The van der Waals surface area contributed by atoms with Gasteiger partial charge in [0.25, 0.3) is 0 Å². The van der Waals surface area contributed by atoms with Gasteiger partial charge in [-0.2, -0.15) is 13.2 Å². The number of likely N-dealkylation sites (N-methyl/N-ethyl adjacent to an activating group) is 1. The zero-order valence-electron chi connectivity index (χ0n) is 14.9. The van der Waals surface area contributed by atoms with Gasteiger partial charge < -0.3 is 15.7 Å². The molecule has 3 N–H and O–H groups in total. The van der Waals surface area contributed by atoms with Crippen molar-refractivity contribution in [3.8, 4) is 0 Å². The van der Waals surface area contributed by atoms with Gasteiger partial charge in [-0.1, -0.05) is 30.3 Å². The summed E-state index contributed by atoms with van der Waals surface area (Å²) in [7, 11) is 1.42. The van der Waals surface area contributed by atoms with Gasteiger partial charge in [-0.15, -0.1) is 0 Å². The standard InChI is InChI=1S/C17H27F3N4O/c1-4-21-15(22-10-11-24(3)13-17(18,19)20)23-12-16(2,25)14-8-6-5-7-9-14/h5-9,25H,4,10-13H2,1-3H3,(H2,21,22,23). The van der Waals surface area contributed by atoms with E-state index in [4.69, 9.17) is 0 Å². The molecule has 1 atom stereocenters. The molecule has 0 aromatic heterocycles. The summed E-state index contributed by atoms with van der Waals surface area (Å²) in [5, 5.41) is 16.5. The number of guanidine groups is 1. The van der Waals surface area contributed by atoms with Crippen LogP contribution < -0.4 is 10.6 Å². The van der Waals surface area contributed by atoms with Gasteiger partial charge in [0.05, 0.1) is 13.1 Å². The third-order valence-electron chi connectivity index (χ3n) is 3.52. The lowest BCUT2D eigenvalue weighted by Crippen LogP contribution is -2.43. The fourth-order valence-corrected chi connectivity index (χ4v) is 2.21. The Morgan fingerprint density at radius 2 is 1.84 bits per heavy atom. The number of halogens is 3. The minimum absolute atomic E-state index is 0.130. The minimum Gasteiger partial charge on any atom is -0.384 e. The topological polar surface area (TPSA) is 59.9 Å². The summed E-state index contributed by atoms with van der Waals surface area (Å²) in [6.07, 6.45) is -4.21. The molecule has 0 spiro atoms. The molecular formula is C17H27F3N4O. The second kappa shape index (κ2) is 9.62. The molecule has 142 valence electrons. The molecule has 0 aliphatic carbocycles. The largest absolute Gasteiger partial charge is 0.401 e. The Kier molecular flexibility index (Phi) is 8.18. The first-order chi connectivity index (χ1) is 11.6. The summed E-state index contributed by atoms with van der Waals surface area (Å²) in [6, 6.07) is 9.19. The second-order valence-corrected chi connectivity index (χ2v) is 6.11. The van der Waals surface area contributed by atoms with Gasteiger partial charge in [0.1, 0.15) is 5.60 Å². The van der Waals surface area contributed by atoms with Crippen LogP contribution in [0.4, 0.5) is 13.2 Å². The van der Waals surface area contributed by atoms with Gasteiger partial charge in [-0.05, 0) is 26.5 Å². The normalized spacial score (nSPS) is 15.1. The monoisotopic (exact) mass is 360 g/mol. The number of nitrogens with zero attached hydrogens (tertiary/aromatic N) is 2. The highest BCUT2D eigenvalue weighted by atomic mass is 19.4. The smallest absolute Gasteiger partial charge is 0.384 e. The van der Waals surface area contributed by atoms with Crippen LogP contribution in [0.2, 0.25) is 0 Å². The van der Waals surface area contributed by atoms with Gasteiger partial charge in [0.2, 0.25) is 0 Å². The van der Waals surface area contributed by atoms with Crippen molar-refractivity contribution in [2.24, 2.45) is 4.99 Å². The number of aliphatic imine (C=N–C) groups is 1. The van der Waals surface area contributed by atoms with Crippen molar-refractivity contribution in [2.45, 2.75) is 25.6 Å². The molecule has 1 unspecified atom stereocenters. The molecule has 0 aliphatic heterocycles. The number of hydrogen-bond acceptors (Lipinski definition) is 3. The average Bonchev–Trinajstić information content (AvgIpc) is 2.52. The van der Waals surface area contributed by atoms with Gasteiger partial charge >= 0.3 is 6.18 Å². The predicted octanol–water partition coefficient (Wildman–Crippen LogP) is 1.94. The molecule has 0 radical (unpaired) electrons. The summed E-state index contributed by atoms with van der Waals surface area (Å²) in [4.78, 5) is 5.53. The number of alkyl halides is 3. The molecule has 1 aromatic carbocycles. The van der Waals surface area contributed by atoms with Crippen molar-refractivity contribution >= 4 is 5.96 Å². The molecule has 1 aromatic rings. The van der Waals surface area contributed by atoms with Crippen LogP contribution in [0, 0.1) is 0 Å². The lowest BCUT2D eigenvalue weighted by Gasteiger charge is -2.23. The molecule has 1 rings (SSSR count). The number of hydrogen-bond donors (Lipinski definition) is 3. The van der Waals surface area contributed by atoms with Crippen molar-refractivity contribution in [2.75, 3.05) is 39.8 Å². The fraction of sp³-hybridized carbons (Fsp3) is 0.588. The molecule has 0 saturated carbocycles. The third-order valence-corrected chi connectivity index (χ3v) is 3.52. The Bertz CT molecular complexity index is 532. The van der Waals surface area contributed by atoms with Crippen LogP contribution >= 0.6 is 0 Å². The van der Waals surface area contributed by atoms with E-state index in [2.05, 4.69) is 15.6 Å². The Balaban J connectivity index is 2.56. The Hall–Kier alpha value is -1.80. The summed E-state index contributed by atoms with van der Waals surface area (Å²) in [5.41, 5.74) is -0.379. The number of rotatable bonds is 8. The maximum Gasteiger partial charge on any atom is 0.401 e. The van der Waals surface area contributed by atoms with Crippen molar-refractivity contribution in [1.82, 2.24) is 15.5 Å². The maximum atomic E-state index is 12.3. The van der Waals surface area contributed by atoms with Crippen LogP contribution in [0.3, 0.4) is 0 Å². The van der Waals surface area contributed by atoms with Crippen LogP contribution in [0.1, 0.15) is 19.4 Å². The van der Waals surface area contributed by atoms with Gasteiger partial charge in [-0.3, -0.25) is 4.90 Å². The molecule has 0 saturated heterocycles. The lowest BCUT2D eigenvalue weighted by molar-refractivity contribution is -0.142. The van der Waals surface area contributed by atoms with Crippen LogP contribution in [-0.2, 0) is 5.60 Å². The minimum atomic E-state index is -4.21. The molecule has 0 heterocycles. The highest BCUT2D eigenvalue weighted by molar-refractivity contribution is 5.79. The van der Waals surface area contributed by atoms with Crippen LogP contribution in [0.15, 0.2) is 35.3 Å². The maximum absolute atomic E-state index is 12.3. The Morgan fingerprint density at radius 3 is 2.40 bits per heavy atom. The van der Waals surface area contributed by atoms with Gasteiger partial charge in [0, 0.05) is 19.6 Å². The molecule has 0 aliphatic rings. The zero-order valence-corrected chi connectivity index (χ0v) is 14.9. The van der Waals surface area contributed by atoms with E-state index in [-0.39, 0.29) is 13.1 Å². The highest BCUT2D eigenvalue weighted by Crippen LogP contribution is 2.20. The van der Waals surface area contributed by atoms with Crippen LogP contribution in [0.5, 0.6) is 0 Å². The molecule has 0 bridgehead atoms. The van der Waals surface area contributed by atoms with Crippen molar-refractivity contribution in [3.63, 3.8) is 0 Å². The van der Waals surface area contributed by atoms with Crippen molar-refractivity contribution < 1.29 is 18.3 Å². The Labute approximate surface area is 146 Å². The van der Waals surface area contributed by atoms with Crippen molar-refractivity contribution in [3.05, 3.63) is 35.9 Å². The summed E-state index contributed by atoms with van der Waals surface area (Å²) < 4.78 is 36.9. The lowest BCUT2D eigenvalue weighted by atomic mass is 9.96. The average molecular weight is 360 g/mol. The van der Waals surface area contributed by atoms with E-state index in [1.54, 1.807) is 6.92 Å². The van der Waals surface area contributed by atoms with Gasteiger partial charge in [-0.25, -0.2) is 4.99 Å². The SMILES string of the molecule is CCNC(=NCC(C)(O)c1ccccc1)NCCN(C)CC(F)(F)F. The van der Waals surface area contributed by atoms with Crippen molar-refractivity contribution in [1.29, 1.82) is 0 Å². The summed E-state index contributed by atoms with van der Waals surface area (Å²) in [5.74, 6) is 0.458. The van der Waals surface area contributed by atoms with E-state index >= 15 is 0 Å². The number of aliphatic hydroxyl groups is 1. The molecule has 0 fully saturated rings. The van der Waals surface area contributed by atoms with Crippen LogP contribution in [-0.4, -0.2) is 61.9 Å². The van der Waals surface area contributed by atoms with Crippen LogP contribution in [0.25, 0.3) is 0 Å². The zero-order chi connectivity index (χ0) is 18.9. The quantitative estimate of drug-likeness (QED) is 0.490. The number of benzene rings is 1. The second-order valence-electron chi connectivity index (χ2n) is 6.11. The van der Waals surface area contributed by atoms with E-state index in [0.717, 1.165) is 5.56 Å². The highest BCUT2D eigenvalue weighted by Gasteiger charge is 2.28. The molecule has 5 nitrogen and oxygen atoms in total. The first-order valence-electron chi connectivity index (χ1n) is 8.19. The summed E-state index contributed by atoms with van der Waals surface area (Å²) in [6.45, 7) is 3.88. The predicted molar refractivity (Wildman–Crippen MR) is 93.5 cm³/mol. The molecule has 25 heavy (non-hydrogen) atoms. The molecule has 0 amide bonds. The Morgan fingerprint density at radius 1 is 1.20 bits per heavy atom. The molecular weight excluding hydrogens is 333 g/mol. The van der Waals surface area contributed by atoms with E-state index in [9.17, 15) is 18.3 Å². The first kappa shape index (κ1) is 21.2.